The van der Waals surface area contributed by atoms with Crippen molar-refractivity contribution in [3.63, 3.8) is 0 Å². The zero-order valence-corrected chi connectivity index (χ0v) is 13.9. The number of hydrogen-bond donors (Lipinski definition) is 0. The molecule has 1 aromatic rings. The number of ether oxygens (including phenoxy) is 3. The van der Waals surface area contributed by atoms with Gasteiger partial charge in [-0.1, -0.05) is 0 Å². The van der Waals surface area contributed by atoms with E-state index in [1.165, 1.54) is 12.8 Å². The van der Waals surface area contributed by atoms with Crippen LogP contribution >= 0.6 is 11.8 Å². The van der Waals surface area contributed by atoms with Crippen molar-refractivity contribution in [1.29, 1.82) is 0 Å². The van der Waals surface area contributed by atoms with Gasteiger partial charge in [-0.2, -0.15) is 0 Å². The predicted octanol–water partition coefficient (Wildman–Crippen LogP) is 2.70. The second-order valence-electron chi connectivity index (χ2n) is 5.60. The minimum atomic E-state index is -0.0519. The van der Waals surface area contributed by atoms with Gasteiger partial charge in [0.1, 0.15) is 22.6 Å². The van der Waals surface area contributed by atoms with Crippen LogP contribution in [-0.4, -0.2) is 44.4 Å². The van der Waals surface area contributed by atoms with E-state index in [9.17, 15) is 4.79 Å². The third kappa shape index (κ3) is 2.84. The number of thioether (sulfide) groups is 1. The largest absolute Gasteiger partial charge is 0.496 e. The maximum absolute atomic E-state index is 12.2. The van der Waals surface area contributed by atoms with Gasteiger partial charge >= 0.3 is 0 Å². The molecule has 120 valence electrons. The first kappa shape index (κ1) is 15.3. The summed E-state index contributed by atoms with van der Waals surface area (Å²) in [5.74, 6) is 3.44. The maximum Gasteiger partial charge on any atom is 0.233 e. The van der Waals surface area contributed by atoms with E-state index < -0.39 is 0 Å². The molecule has 22 heavy (non-hydrogen) atoms. The van der Waals surface area contributed by atoms with Gasteiger partial charge in [-0.05, 0) is 18.8 Å². The molecule has 1 atom stereocenters. The van der Waals surface area contributed by atoms with E-state index in [0.717, 1.165) is 12.1 Å². The van der Waals surface area contributed by atoms with Gasteiger partial charge < -0.3 is 19.1 Å². The summed E-state index contributed by atoms with van der Waals surface area (Å²) in [6.45, 7) is 0.828. The summed E-state index contributed by atoms with van der Waals surface area (Å²) >= 11 is 1.63. The fraction of sp³-hybridized carbons (Fsp3) is 0.562. The Kier molecular flexibility index (Phi) is 4.38. The number of rotatable bonds is 6. The van der Waals surface area contributed by atoms with Gasteiger partial charge in [-0.15, -0.1) is 11.8 Å². The average molecular weight is 323 g/mol. The molecule has 2 aliphatic rings. The third-order valence-corrected chi connectivity index (χ3v) is 5.34. The van der Waals surface area contributed by atoms with Gasteiger partial charge in [0.25, 0.3) is 0 Å². The van der Waals surface area contributed by atoms with Crippen LogP contribution in [0.4, 0.5) is 0 Å². The number of methoxy groups -OCH3 is 3. The van der Waals surface area contributed by atoms with Crippen molar-refractivity contribution in [2.24, 2.45) is 5.92 Å². The zero-order chi connectivity index (χ0) is 15.7. The lowest BCUT2D eigenvalue weighted by atomic mass is 10.1. The number of carbonyl (C=O) groups is 1. The molecule has 1 aliphatic heterocycles. The number of carbonyl (C=O) groups excluding carboxylic acids is 1. The molecule has 1 heterocycles. The van der Waals surface area contributed by atoms with Crippen molar-refractivity contribution >= 4 is 17.7 Å². The van der Waals surface area contributed by atoms with Crippen molar-refractivity contribution in [1.82, 2.24) is 4.90 Å². The van der Waals surface area contributed by atoms with E-state index >= 15 is 0 Å². The Balaban J connectivity index is 1.99. The van der Waals surface area contributed by atoms with Crippen LogP contribution in [0.5, 0.6) is 17.2 Å². The highest BCUT2D eigenvalue weighted by atomic mass is 32.2. The summed E-state index contributed by atoms with van der Waals surface area (Å²) in [6.07, 6.45) is 2.44. The van der Waals surface area contributed by atoms with Gasteiger partial charge in [0.05, 0.1) is 32.6 Å². The quantitative estimate of drug-likeness (QED) is 0.805. The lowest BCUT2D eigenvalue weighted by Gasteiger charge is -2.27. The highest BCUT2D eigenvalue weighted by Gasteiger charge is 2.39. The van der Waals surface area contributed by atoms with Gasteiger partial charge in [0, 0.05) is 18.7 Å². The molecule has 1 aliphatic carbocycles. The summed E-state index contributed by atoms with van der Waals surface area (Å²) in [5, 5.41) is -0.0519. The topological polar surface area (TPSA) is 48.0 Å². The third-order valence-electron chi connectivity index (χ3n) is 4.12. The Morgan fingerprint density at radius 1 is 1.14 bits per heavy atom. The predicted molar refractivity (Wildman–Crippen MR) is 85.7 cm³/mol. The second-order valence-corrected chi connectivity index (χ2v) is 6.67. The Hall–Kier alpha value is -1.56. The van der Waals surface area contributed by atoms with Crippen LogP contribution in [0.2, 0.25) is 0 Å². The van der Waals surface area contributed by atoms with Crippen molar-refractivity contribution in [2.75, 3.05) is 33.6 Å². The molecule has 0 spiro atoms. The van der Waals surface area contributed by atoms with E-state index in [2.05, 4.69) is 0 Å². The molecule has 6 heteroatoms. The van der Waals surface area contributed by atoms with E-state index in [4.69, 9.17) is 14.2 Å². The molecule has 1 saturated carbocycles. The second kappa shape index (κ2) is 6.28. The number of hydrogen-bond acceptors (Lipinski definition) is 5. The van der Waals surface area contributed by atoms with Crippen LogP contribution < -0.4 is 14.2 Å². The van der Waals surface area contributed by atoms with Crippen LogP contribution in [0, 0.1) is 5.92 Å². The summed E-state index contributed by atoms with van der Waals surface area (Å²) in [4.78, 5) is 14.2. The van der Waals surface area contributed by atoms with Crippen molar-refractivity contribution in [2.45, 2.75) is 18.2 Å². The van der Waals surface area contributed by atoms with Gasteiger partial charge in [-0.3, -0.25) is 4.79 Å². The van der Waals surface area contributed by atoms with Crippen LogP contribution in [0.1, 0.15) is 23.8 Å². The summed E-state index contributed by atoms with van der Waals surface area (Å²) in [7, 11) is 4.87. The SMILES string of the molecule is COc1cc(OC)c(C2SCC(=O)N2CC2CC2)c(OC)c1. The number of nitrogens with zero attached hydrogens (tertiary/aromatic N) is 1. The molecule has 2 fully saturated rings. The van der Waals surface area contributed by atoms with E-state index in [-0.39, 0.29) is 11.3 Å². The fourth-order valence-corrected chi connectivity index (χ4v) is 3.99. The minimum absolute atomic E-state index is 0.0519. The molecule has 1 amide bonds. The Morgan fingerprint density at radius 3 is 2.27 bits per heavy atom. The molecule has 0 N–H and O–H groups in total. The minimum Gasteiger partial charge on any atom is -0.496 e. The Bertz CT molecular complexity index is 548. The molecule has 1 unspecified atom stereocenters. The summed E-state index contributed by atoms with van der Waals surface area (Å²) < 4.78 is 16.4. The van der Waals surface area contributed by atoms with Gasteiger partial charge in [-0.25, -0.2) is 0 Å². The first-order chi connectivity index (χ1) is 10.7. The lowest BCUT2D eigenvalue weighted by Crippen LogP contribution is -2.30. The van der Waals surface area contributed by atoms with Crippen LogP contribution in [0.3, 0.4) is 0 Å². The zero-order valence-electron chi connectivity index (χ0n) is 13.1. The molecule has 1 aromatic carbocycles. The smallest absolute Gasteiger partial charge is 0.233 e. The Morgan fingerprint density at radius 2 is 1.77 bits per heavy atom. The van der Waals surface area contributed by atoms with E-state index in [0.29, 0.717) is 28.9 Å². The molecule has 1 saturated heterocycles. The first-order valence-corrected chi connectivity index (χ1v) is 8.43. The highest BCUT2D eigenvalue weighted by molar-refractivity contribution is 8.00. The van der Waals surface area contributed by atoms with Crippen molar-refractivity contribution in [3.8, 4) is 17.2 Å². The first-order valence-electron chi connectivity index (χ1n) is 7.39. The summed E-state index contributed by atoms with van der Waals surface area (Å²) in [6, 6.07) is 3.69. The van der Waals surface area contributed by atoms with Gasteiger partial charge in [0.15, 0.2) is 0 Å². The Labute approximate surface area is 134 Å². The molecule has 3 rings (SSSR count). The monoisotopic (exact) mass is 323 g/mol. The molecule has 0 radical (unpaired) electrons. The van der Waals surface area contributed by atoms with Crippen LogP contribution in [0.25, 0.3) is 0 Å². The molecular formula is C16H21NO4S. The van der Waals surface area contributed by atoms with Crippen molar-refractivity contribution < 1.29 is 19.0 Å². The molecule has 0 bridgehead atoms. The van der Waals surface area contributed by atoms with Gasteiger partial charge in [0.2, 0.25) is 5.91 Å². The lowest BCUT2D eigenvalue weighted by molar-refractivity contribution is -0.128. The van der Waals surface area contributed by atoms with E-state index in [1.54, 1.807) is 33.1 Å². The summed E-state index contributed by atoms with van der Waals surface area (Å²) in [5.41, 5.74) is 0.919. The molecular weight excluding hydrogens is 302 g/mol. The van der Waals surface area contributed by atoms with Crippen LogP contribution in [-0.2, 0) is 4.79 Å². The number of benzene rings is 1. The molecule has 0 aromatic heterocycles. The maximum atomic E-state index is 12.2. The fourth-order valence-electron chi connectivity index (χ4n) is 2.75. The van der Waals surface area contributed by atoms with E-state index in [1.807, 2.05) is 17.0 Å². The average Bonchev–Trinajstić information content (AvgIpc) is 3.30. The molecule has 5 nitrogen and oxygen atoms in total. The van der Waals surface area contributed by atoms with Crippen molar-refractivity contribution in [3.05, 3.63) is 17.7 Å². The van der Waals surface area contributed by atoms with Crippen LogP contribution in [0.15, 0.2) is 12.1 Å². The number of amides is 1. The standard InChI is InChI=1S/C16H21NO4S/c1-19-11-6-12(20-2)15(13(7-11)21-3)16-17(8-10-4-5-10)14(18)9-22-16/h6-7,10,16H,4-5,8-9H2,1-3H3. The highest BCUT2D eigenvalue weighted by Crippen LogP contribution is 2.49. The normalized spacial score (nSPS) is 21.1.